The molecule has 6 heteroatoms. The van der Waals surface area contributed by atoms with Gasteiger partial charge in [0.05, 0.1) is 18.5 Å². The van der Waals surface area contributed by atoms with Gasteiger partial charge >= 0.3 is 0 Å². The molecule has 0 saturated carbocycles. The van der Waals surface area contributed by atoms with E-state index in [1.807, 2.05) is 0 Å². The molecule has 1 atom stereocenters. The van der Waals surface area contributed by atoms with E-state index < -0.39 is 6.43 Å². The summed E-state index contributed by atoms with van der Waals surface area (Å²) in [6.45, 7) is 2.05. The van der Waals surface area contributed by atoms with Crippen molar-refractivity contribution in [1.82, 2.24) is 9.78 Å². The van der Waals surface area contributed by atoms with Gasteiger partial charge in [0.15, 0.2) is 0 Å². The van der Waals surface area contributed by atoms with Crippen molar-refractivity contribution in [1.29, 1.82) is 0 Å². The zero-order chi connectivity index (χ0) is 11.4. The van der Waals surface area contributed by atoms with Crippen molar-refractivity contribution in [2.75, 3.05) is 25.1 Å². The Hall–Kier alpha value is -1.17. The highest BCUT2D eigenvalue weighted by atomic mass is 19.3. The molecule has 0 aliphatic carbocycles. The molecule has 0 aromatic carbocycles. The molecule has 1 aromatic rings. The zero-order valence-corrected chi connectivity index (χ0v) is 8.90. The maximum Gasteiger partial charge on any atom is 0.257 e. The van der Waals surface area contributed by atoms with E-state index in [4.69, 9.17) is 4.74 Å². The number of rotatable bonds is 5. The number of alkyl halides is 2. The predicted octanol–water partition coefficient (Wildman–Crippen LogP) is 1.60. The first-order valence-electron chi connectivity index (χ1n) is 5.36. The van der Waals surface area contributed by atoms with Crippen molar-refractivity contribution in [3.05, 3.63) is 12.4 Å². The maximum absolute atomic E-state index is 12.1. The molecule has 2 rings (SSSR count). The van der Waals surface area contributed by atoms with Crippen LogP contribution in [0.2, 0.25) is 0 Å². The second-order valence-corrected chi connectivity index (χ2v) is 3.95. The number of nitrogens with zero attached hydrogens (tertiary/aromatic N) is 2. The molecule has 4 nitrogen and oxygen atoms in total. The number of hydrogen-bond acceptors (Lipinski definition) is 3. The summed E-state index contributed by atoms with van der Waals surface area (Å²) in [4.78, 5) is 0. The van der Waals surface area contributed by atoms with Crippen molar-refractivity contribution in [2.24, 2.45) is 5.92 Å². The average molecular weight is 231 g/mol. The average Bonchev–Trinajstić information content (AvgIpc) is 2.84. The lowest BCUT2D eigenvalue weighted by Gasteiger charge is -2.08. The lowest BCUT2D eigenvalue weighted by molar-refractivity contribution is 0.122. The normalized spacial score (nSPS) is 20.6. The minimum atomic E-state index is -2.36. The Morgan fingerprint density at radius 1 is 1.62 bits per heavy atom. The minimum Gasteiger partial charge on any atom is -0.382 e. The molecule has 1 saturated heterocycles. The monoisotopic (exact) mass is 231 g/mol. The highest BCUT2D eigenvalue weighted by molar-refractivity contribution is 5.38. The second-order valence-electron chi connectivity index (χ2n) is 3.95. The van der Waals surface area contributed by atoms with Gasteiger partial charge < -0.3 is 10.1 Å². The van der Waals surface area contributed by atoms with Crippen LogP contribution in [0, 0.1) is 5.92 Å². The Labute approximate surface area is 92.6 Å². The first-order valence-corrected chi connectivity index (χ1v) is 5.36. The van der Waals surface area contributed by atoms with E-state index in [-0.39, 0.29) is 6.54 Å². The number of halogens is 2. The van der Waals surface area contributed by atoms with E-state index in [1.165, 1.54) is 4.68 Å². The molecule has 2 heterocycles. The Morgan fingerprint density at radius 3 is 3.19 bits per heavy atom. The molecule has 16 heavy (non-hydrogen) atoms. The first-order chi connectivity index (χ1) is 7.74. The molecule has 0 amide bonds. The Kier molecular flexibility index (Phi) is 3.71. The van der Waals surface area contributed by atoms with E-state index in [0.717, 1.165) is 31.9 Å². The van der Waals surface area contributed by atoms with E-state index in [1.54, 1.807) is 12.4 Å². The predicted molar refractivity (Wildman–Crippen MR) is 55.6 cm³/mol. The summed E-state index contributed by atoms with van der Waals surface area (Å²) in [7, 11) is 0. The molecule has 90 valence electrons. The topological polar surface area (TPSA) is 39.1 Å². The first kappa shape index (κ1) is 11.3. The molecule has 1 aliphatic rings. The Balaban J connectivity index is 1.78. The fraction of sp³-hybridized carbons (Fsp3) is 0.700. The molecule has 1 N–H and O–H groups in total. The van der Waals surface area contributed by atoms with Crippen LogP contribution < -0.4 is 5.32 Å². The van der Waals surface area contributed by atoms with E-state index >= 15 is 0 Å². The summed E-state index contributed by atoms with van der Waals surface area (Å²) in [5.41, 5.74) is 0.785. The summed E-state index contributed by atoms with van der Waals surface area (Å²) >= 11 is 0. The van der Waals surface area contributed by atoms with Crippen molar-refractivity contribution in [3.8, 4) is 0 Å². The SMILES string of the molecule is FC(F)Cn1cc(NCC2CCOC2)cn1. The van der Waals surface area contributed by atoms with Crippen molar-refractivity contribution < 1.29 is 13.5 Å². The van der Waals surface area contributed by atoms with E-state index in [9.17, 15) is 8.78 Å². The Morgan fingerprint density at radius 2 is 2.50 bits per heavy atom. The van der Waals surface area contributed by atoms with Gasteiger partial charge in [0.1, 0.15) is 6.54 Å². The molecule has 1 aromatic heterocycles. The summed E-state index contributed by atoms with van der Waals surface area (Å²) in [6, 6.07) is 0. The van der Waals surface area contributed by atoms with E-state index in [2.05, 4.69) is 10.4 Å². The van der Waals surface area contributed by atoms with Crippen LogP contribution in [0.25, 0.3) is 0 Å². The molecular weight excluding hydrogens is 216 g/mol. The lowest BCUT2D eigenvalue weighted by Crippen LogP contribution is -2.13. The van der Waals surface area contributed by atoms with Crippen molar-refractivity contribution in [2.45, 2.75) is 19.4 Å². The summed E-state index contributed by atoms with van der Waals surface area (Å²) in [5.74, 6) is 0.512. The molecule has 0 radical (unpaired) electrons. The summed E-state index contributed by atoms with van der Waals surface area (Å²) in [6.07, 6.45) is 1.86. The second kappa shape index (κ2) is 5.25. The van der Waals surface area contributed by atoms with Crippen LogP contribution in [0.3, 0.4) is 0 Å². The van der Waals surface area contributed by atoms with Gasteiger partial charge in [0.2, 0.25) is 0 Å². The number of ether oxygens (including phenoxy) is 1. The number of anilines is 1. The van der Waals surface area contributed by atoms with Crippen molar-refractivity contribution >= 4 is 5.69 Å². The van der Waals surface area contributed by atoms with Gasteiger partial charge in [-0.1, -0.05) is 0 Å². The molecule has 0 bridgehead atoms. The van der Waals surface area contributed by atoms with Gasteiger partial charge in [-0.2, -0.15) is 5.10 Å². The van der Waals surface area contributed by atoms with Crippen molar-refractivity contribution in [3.63, 3.8) is 0 Å². The highest BCUT2D eigenvalue weighted by Gasteiger charge is 2.15. The minimum absolute atomic E-state index is 0.353. The van der Waals surface area contributed by atoms with Gasteiger partial charge in [-0.25, -0.2) is 8.78 Å². The van der Waals surface area contributed by atoms with Crippen LogP contribution in [-0.4, -0.2) is 36.0 Å². The molecule has 0 spiro atoms. The number of hydrogen-bond donors (Lipinski definition) is 1. The zero-order valence-electron chi connectivity index (χ0n) is 8.90. The number of nitrogens with one attached hydrogen (secondary N) is 1. The maximum atomic E-state index is 12.1. The smallest absolute Gasteiger partial charge is 0.257 e. The third-order valence-electron chi connectivity index (χ3n) is 2.58. The molecule has 1 fully saturated rings. The molecule has 1 unspecified atom stereocenters. The van der Waals surface area contributed by atoms with Crippen LogP contribution in [0.1, 0.15) is 6.42 Å². The summed E-state index contributed by atoms with van der Waals surface area (Å²) in [5, 5.41) is 7.02. The molecule has 1 aliphatic heterocycles. The third-order valence-corrected chi connectivity index (χ3v) is 2.58. The van der Waals surface area contributed by atoms with Gasteiger partial charge in [-0.15, -0.1) is 0 Å². The lowest BCUT2D eigenvalue weighted by atomic mass is 10.1. The van der Waals surface area contributed by atoms with Crippen LogP contribution in [0.4, 0.5) is 14.5 Å². The third kappa shape index (κ3) is 3.16. The van der Waals surface area contributed by atoms with Gasteiger partial charge in [-0.05, 0) is 6.42 Å². The molecular formula is C10H15F2N3O. The number of aromatic nitrogens is 2. The summed E-state index contributed by atoms with van der Waals surface area (Å²) < 4.78 is 30.6. The van der Waals surface area contributed by atoms with Crippen LogP contribution >= 0.6 is 0 Å². The fourth-order valence-corrected chi connectivity index (χ4v) is 1.70. The fourth-order valence-electron chi connectivity index (χ4n) is 1.70. The largest absolute Gasteiger partial charge is 0.382 e. The van der Waals surface area contributed by atoms with Crippen LogP contribution in [0.15, 0.2) is 12.4 Å². The van der Waals surface area contributed by atoms with Crippen LogP contribution in [0.5, 0.6) is 0 Å². The van der Waals surface area contributed by atoms with E-state index in [0.29, 0.717) is 5.92 Å². The van der Waals surface area contributed by atoms with Crippen LogP contribution in [-0.2, 0) is 11.3 Å². The van der Waals surface area contributed by atoms with Gasteiger partial charge in [0.25, 0.3) is 6.43 Å². The standard InChI is InChI=1S/C10H15F2N3O/c11-10(12)6-15-5-9(4-14-15)13-3-8-1-2-16-7-8/h4-5,8,10,13H,1-3,6-7H2. The Bertz CT molecular complexity index is 324. The quantitative estimate of drug-likeness (QED) is 0.836. The van der Waals surface area contributed by atoms with Gasteiger partial charge in [0, 0.05) is 25.3 Å². The van der Waals surface area contributed by atoms with Gasteiger partial charge in [-0.3, -0.25) is 4.68 Å². The highest BCUT2D eigenvalue weighted by Crippen LogP contribution is 2.14.